The molecule has 0 bridgehead atoms. The molecule has 2 aromatic carbocycles. The Labute approximate surface area is 188 Å². The lowest BCUT2D eigenvalue weighted by Crippen LogP contribution is -2.26. The molecule has 31 heavy (non-hydrogen) atoms. The first-order valence-electron chi connectivity index (χ1n) is 10.5. The third kappa shape index (κ3) is 4.45. The number of ether oxygens (including phenoxy) is 1. The van der Waals surface area contributed by atoms with Crippen LogP contribution in [-0.4, -0.2) is 42.1 Å². The zero-order valence-corrected chi connectivity index (χ0v) is 19.2. The first kappa shape index (κ1) is 21.4. The zero-order chi connectivity index (χ0) is 22.0. The number of likely N-dealkylation sites (N-methyl/N-ethyl adjacent to an activating group) is 1. The molecular formula is C24H28ClN5O. The fourth-order valence-electron chi connectivity index (χ4n) is 4.02. The maximum atomic E-state index is 6.52. The molecule has 2 heterocycles. The van der Waals surface area contributed by atoms with E-state index in [0.717, 1.165) is 48.7 Å². The summed E-state index contributed by atoms with van der Waals surface area (Å²) >= 11 is 6.52. The molecule has 6 nitrogen and oxygen atoms in total. The highest BCUT2D eigenvalue weighted by molar-refractivity contribution is 6.33. The molecule has 0 amide bonds. The highest BCUT2D eigenvalue weighted by atomic mass is 35.5. The number of para-hydroxylation sites is 1. The second kappa shape index (κ2) is 9.12. The van der Waals surface area contributed by atoms with Crippen LogP contribution >= 0.6 is 11.6 Å². The van der Waals surface area contributed by atoms with Crippen molar-refractivity contribution < 1.29 is 4.74 Å². The molecule has 0 radical (unpaired) electrons. The van der Waals surface area contributed by atoms with Gasteiger partial charge in [-0.15, -0.1) is 0 Å². The summed E-state index contributed by atoms with van der Waals surface area (Å²) in [6.07, 6.45) is 2.66. The van der Waals surface area contributed by atoms with Gasteiger partial charge in [0.05, 0.1) is 19.0 Å². The second-order valence-electron chi connectivity index (χ2n) is 7.83. The number of aryl methyl sites for hydroxylation is 1. The van der Waals surface area contributed by atoms with Crippen LogP contribution in [-0.2, 0) is 13.0 Å². The fourth-order valence-corrected chi connectivity index (χ4v) is 4.22. The van der Waals surface area contributed by atoms with Gasteiger partial charge in [0.1, 0.15) is 10.8 Å². The number of hydrogen-bond acceptors (Lipinski definition) is 6. The number of nitrogens with zero attached hydrogens (tertiary/aromatic N) is 4. The molecule has 1 aliphatic rings. The highest BCUT2D eigenvalue weighted by Gasteiger charge is 2.19. The SMILES string of the molecule is CCN(c1ccccc1C)c1nc(Nc2cc3c(cc2OC)CCN(C)C3)ncc1Cl. The molecule has 1 aromatic heterocycles. The molecule has 0 aliphatic carbocycles. The van der Waals surface area contributed by atoms with Gasteiger partial charge in [-0.05, 0) is 62.2 Å². The first-order valence-corrected chi connectivity index (χ1v) is 10.9. The largest absolute Gasteiger partial charge is 0.495 e. The summed E-state index contributed by atoms with van der Waals surface area (Å²) in [6.45, 7) is 6.87. The van der Waals surface area contributed by atoms with E-state index in [4.69, 9.17) is 21.3 Å². The van der Waals surface area contributed by atoms with E-state index in [9.17, 15) is 0 Å². The lowest BCUT2D eigenvalue weighted by Gasteiger charge is -2.27. The average molecular weight is 438 g/mol. The van der Waals surface area contributed by atoms with Gasteiger partial charge in [-0.25, -0.2) is 4.98 Å². The fraction of sp³-hybridized carbons (Fsp3) is 0.333. The molecule has 4 rings (SSSR count). The molecule has 3 aromatic rings. The van der Waals surface area contributed by atoms with E-state index >= 15 is 0 Å². The molecule has 0 unspecified atom stereocenters. The van der Waals surface area contributed by atoms with Crippen LogP contribution in [0, 0.1) is 6.92 Å². The summed E-state index contributed by atoms with van der Waals surface area (Å²) in [7, 11) is 3.83. The summed E-state index contributed by atoms with van der Waals surface area (Å²) in [5, 5.41) is 3.86. The van der Waals surface area contributed by atoms with E-state index in [1.807, 2.05) is 12.1 Å². The van der Waals surface area contributed by atoms with E-state index in [1.165, 1.54) is 11.1 Å². The Balaban J connectivity index is 1.69. The first-order chi connectivity index (χ1) is 15.0. The maximum absolute atomic E-state index is 6.52. The van der Waals surface area contributed by atoms with Crippen molar-refractivity contribution in [1.82, 2.24) is 14.9 Å². The molecule has 162 valence electrons. The third-order valence-corrected chi connectivity index (χ3v) is 5.94. The Kier molecular flexibility index (Phi) is 6.30. The summed E-state index contributed by atoms with van der Waals surface area (Å²) in [6, 6.07) is 12.5. The van der Waals surface area contributed by atoms with Gasteiger partial charge in [0.25, 0.3) is 0 Å². The second-order valence-corrected chi connectivity index (χ2v) is 8.24. The van der Waals surface area contributed by atoms with Crippen molar-refractivity contribution in [1.29, 1.82) is 0 Å². The lowest BCUT2D eigenvalue weighted by atomic mass is 9.99. The van der Waals surface area contributed by atoms with Crippen LogP contribution < -0.4 is 15.0 Å². The Morgan fingerprint density at radius 2 is 2.03 bits per heavy atom. The van der Waals surface area contributed by atoms with E-state index in [0.29, 0.717) is 16.8 Å². The van der Waals surface area contributed by atoms with Crippen LogP contribution in [0.3, 0.4) is 0 Å². The van der Waals surface area contributed by atoms with Crippen molar-refractivity contribution in [3.63, 3.8) is 0 Å². The van der Waals surface area contributed by atoms with E-state index in [-0.39, 0.29) is 0 Å². The lowest BCUT2D eigenvalue weighted by molar-refractivity contribution is 0.312. The molecule has 1 N–H and O–H groups in total. The van der Waals surface area contributed by atoms with Gasteiger partial charge in [0.15, 0.2) is 5.82 Å². The summed E-state index contributed by atoms with van der Waals surface area (Å²) < 4.78 is 5.65. The molecule has 0 fully saturated rings. The van der Waals surface area contributed by atoms with Crippen LogP contribution in [0.25, 0.3) is 0 Å². The van der Waals surface area contributed by atoms with Gasteiger partial charge in [0, 0.05) is 25.3 Å². The van der Waals surface area contributed by atoms with Gasteiger partial charge in [-0.2, -0.15) is 4.98 Å². The van der Waals surface area contributed by atoms with E-state index in [2.05, 4.69) is 65.3 Å². The average Bonchev–Trinajstić information content (AvgIpc) is 2.77. The number of rotatable bonds is 6. The number of methoxy groups -OCH3 is 1. The quantitative estimate of drug-likeness (QED) is 0.562. The van der Waals surface area contributed by atoms with Gasteiger partial charge >= 0.3 is 0 Å². The van der Waals surface area contributed by atoms with Crippen LogP contribution in [0.15, 0.2) is 42.6 Å². The van der Waals surface area contributed by atoms with Crippen LogP contribution in [0.2, 0.25) is 5.02 Å². The minimum Gasteiger partial charge on any atom is -0.495 e. The Hall–Kier alpha value is -2.83. The smallest absolute Gasteiger partial charge is 0.229 e. The predicted molar refractivity (Wildman–Crippen MR) is 127 cm³/mol. The summed E-state index contributed by atoms with van der Waals surface area (Å²) in [5.74, 6) is 1.94. The molecule has 7 heteroatoms. The van der Waals surface area contributed by atoms with Gasteiger partial charge in [-0.3, -0.25) is 0 Å². The monoisotopic (exact) mass is 437 g/mol. The number of benzene rings is 2. The summed E-state index contributed by atoms with van der Waals surface area (Å²) in [5.41, 5.74) is 5.71. The standard InChI is InChI=1S/C24H28ClN5O/c1-5-30(21-9-7-6-8-16(21)2)23-19(25)14-26-24(28-23)27-20-12-18-15-29(3)11-10-17(18)13-22(20)31-4/h6-9,12-14H,5,10-11,15H2,1-4H3,(H,26,27,28). The number of nitrogens with one attached hydrogen (secondary N) is 1. The van der Waals surface area contributed by atoms with E-state index < -0.39 is 0 Å². The molecule has 0 saturated heterocycles. The van der Waals surface area contributed by atoms with Crippen molar-refractivity contribution in [3.05, 3.63) is 64.3 Å². The topological polar surface area (TPSA) is 53.5 Å². The van der Waals surface area contributed by atoms with Crippen molar-refractivity contribution >= 4 is 34.7 Å². The van der Waals surface area contributed by atoms with Gasteiger partial charge in [0.2, 0.25) is 5.95 Å². The minimum absolute atomic E-state index is 0.480. The summed E-state index contributed by atoms with van der Waals surface area (Å²) in [4.78, 5) is 13.6. The van der Waals surface area contributed by atoms with Gasteiger partial charge in [-0.1, -0.05) is 29.8 Å². The van der Waals surface area contributed by atoms with Crippen molar-refractivity contribution in [2.24, 2.45) is 0 Å². The Morgan fingerprint density at radius 3 is 2.77 bits per heavy atom. The minimum atomic E-state index is 0.480. The molecule has 0 atom stereocenters. The molecule has 0 saturated carbocycles. The highest BCUT2D eigenvalue weighted by Crippen LogP contribution is 2.35. The zero-order valence-electron chi connectivity index (χ0n) is 18.4. The number of aromatic nitrogens is 2. The molecule has 1 aliphatic heterocycles. The number of fused-ring (bicyclic) bond motifs is 1. The third-order valence-electron chi connectivity index (χ3n) is 5.68. The maximum Gasteiger partial charge on any atom is 0.229 e. The van der Waals surface area contributed by atoms with Crippen molar-refractivity contribution in [3.8, 4) is 5.75 Å². The van der Waals surface area contributed by atoms with Crippen LogP contribution in [0.5, 0.6) is 5.75 Å². The van der Waals surface area contributed by atoms with E-state index in [1.54, 1.807) is 13.3 Å². The normalized spacial score (nSPS) is 13.6. The predicted octanol–water partition coefficient (Wildman–Crippen LogP) is 5.34. The number of halogens is 1. The van der Waals surface area contributed by atoms with Crippen molar-refractivity contribution in [2.75, 3.05) is 37.5 Å². The molecular weight excluding hydrogens is 410 g/mol. The van der Waals surface area contributed by atoms with Crippen LogP contribution in [0.1, 0.15) is 23.6 Å². The van der Waals surface area contributed by atoms with Gasteiger partial charge < -0.3 is 19.9 Å². The van der Waals surface area contributed by atoms with Crippen molar-refractivity contribution in [2.45, 2.75) is 26.8 Å². The van der Waals surface area contributed by atoms with Crippen LogP contribution in [0.4, 0.5) is 23.1 Å². The Bertz CT molecular complexity index is 1090. The Morgan fingerprint density at radius 1 is 1.23 bits per heavy atom. The number of hydrogen-bond donors (Lipinski definition) is 1. The molecule has 0 spiro atoms. The number of anilines is 4.